The molecule has 1 atom stereocenters. The van der Waals surface area contributed by atoms with E-state index in [0.717, 1.165) is 4.90 Å². The number of carbonyl (C=O) groups excluding carboxylic acids is 2. The molecule has 1 fully saturated rings. The average Bonchev–Trinajstić information content (AvgIpc) is 2.84. The normalized spacial score (nSPS) is 27.4. The third-order valence-electron chi connectivity index (χ3n) is 4.22. The van der Waals surface area contributed by atoms with Gasteiger partial charge in [-0.2, -0.15) is 0 Å². The van der Waals surface area contributed by atoms with E-state index in [9.17, 15) is 19.5 Å². The molecule has 5 heteroatoms. The summed E-state index contributed by atoms with van der Waals surface area (Å²) in [4.78, 5) is 37.2. The Kier molecular flexibility index (Phi) is 2.02. The molecule has 2 aliphatic rings. The lowest BCUT2D eigenvalue weighted by Crippen LogP contribution is -2.50. The number of imide groups is 1. The molecule has 3 rings (SSSR count). The van der Waals surface area contributed by atoms with E-state index < -0.39 is 28.7 Å². The van der Waals surface area contributed by atoms with E-state index in [2.05, 4.69) is 0 Å². The highest BCUT2D eigenvalue weighted by Crippen LogP contribution is 2.61. The molecule has 1 aromatic carbocycles. The molecule has 0 aromatic heterocycles. The predicted octanol–water partition coefficient (Wildman–Crippen LogP) is 1.54. The number of rotatable bonds is 2. The van der Waals surface area contributed by atoms with E-state index in [1.165, 1.54) is 0 Å². The number of nitrogens with zero attached hydrogens (tertiary/aromatic N) is 1. The monoisotopic (exact) mass is 259 g/mol. The summed E-state index contributed by atoms with van der Waals surface area (Å²) in [6.07, 6.45) is 0.292. The summed E-state index contributed by atoms with van der Waals surface area (Å²) in [6.45, 7) is 3.51. The Labute approximate surface area is 109 Å². The zero-order valence-corrected chi connectivity index (χ0v) is 10.6. The third kappa shape index (κ3) is 1.22. The Bertz CT molecular complexity index is 599. The van der Waals surface area contributed by atoms with Gasteiger partial charge in [-0.25, -0.2) is 4.79 Å². The fraction of sp³-hybridized carbons (Fsp3) is 0.357. The maximum atomic E-state index is 12.3. The SMILES string of the molecule is CC1(C)CC1(C(=O)O)N1C(=O)c2ccccc2C1=O. The Morgan fingerprint density at radius 2 is 1.58 bits per heavy atom. The first-order valence-corrected chi connectivity index (χ1v) is 6.04. The van der Waals surface area contributed by atoms with Crippen LogP contribution in [0.15, 0.2) is 24.3 Å². The average molecular weight is 259 g/mol. The Morgan fingerprint density at radius 3 is 1.89 bits per heavy atom. The zero-order valence-electron chi connectivity index (χ0n) is 10.6. The molecule has 1 N–H and O–H groups in total. The van der Waals surface area contributed by atoms with Crippen LogP contribution >= 0.6 is 0 Å². The fourth-order valence-electron chi connectivity index (χ4n) is 2.97. The quantitative estimate of drug-likeness (QED) is 0.817. The topological polar surface area (TPSA) is 74.7 Å². The second-order valence-corrected chi connectivity index (χ2v) is 5.72. The first-order chi connectivity index (χ1) is 8.83. The molecule has 0 radical (unpaired) electrons. The summed E-state index contributed by atoms with van der Waals surface area (Å²) in [5.74, 6) is -2.13. The van der Waals surface area contributed by atoms with Gasteiger partial charge in [0.25, 0.3) is 11.8 Å². The minimum atomic E-state index is -1.40. The van der Waals surface area contributed by atoms with Gasteiger partial charge in [-0.15, -0.1) is 0 Å². The van der Waals surface area contributed by atoms with Gasteiger partial charge in [0.05, 0.1) is 11.1 Å². The molecule has 1 unspecified atom stereocenters. The summed E-state index contributed by atoms with van der Waals surface area (Å²) in [7, 11) is 0. The molecule has 98 valence electrons. The minimum absolute atomic E-state index is 0.288. The van der Waals surface area contributed by atoms with E-state index in [-0.39, 0.29) is 11.1 Å². The number of benzene rings is 1. The second-order valence-electron chi connectivity index (χ2n) is 5.72. The number of hydrogen-bond donors (Lipinski definition) is 1. The molecule has 19 heavy (non-hydrogen) atoms. The van der Waals surface area contributed by atoms with Crippen LogP contribution in [0.4, 0.5) is 0 Å². The maximum absolute atomic E-state index is 12.3. The van der Waals surface area contributed by atoms with Crippen molar-refractivity contribution in [2.45, 2.75) is 25.8 Å². The van der Waals surface area contributed by atoms with Gasteiger partial charge >= 0.3 is 5.97 Å². The second kappa shape index (κ2) is 3.23. The zero-order chi connectivity index (χ0) is 14.0. The van der Waals surface area contributed by atoms with Crippen LogP contribution in [0, 0.1) is 5.41 Å². The molecule has 1 aliphatic carbocycles. The van der Waals surface area contributed by atoms with E-state index in [0.29, 0.717) is 6.42 Å². The molecule has 1 aliphatic heterocycles. The number of amides is 2. The van der Waals surface area contributed by atoms with Gasteiger partial charge in [0.2, 0.25) is 0 Å². The van der Waals surface area contributed by atoms with Crippen LogP contribution in [0.5, 0.6) is 0 Å². The van der Waals surface area contributed by atoms with Crippen molar-refractivity contribution in [1.29, 1.82) is 0 Å². The van der Waals surface area contributed by atoms with Gasteiger partial charge < -0.3 is 5.11 Å². The molecular weight excluding hydrogens is 246 g/mol. The fourth-order valence-corrected chi connectivity index (χ4v) is 2.97. The van der Waals surface area contributed by atoms with Gasteiger partial charge in [0, 0.05) is 5.41 Å². The van der Waals surface area contributed by atoms with E-state index in [1.54, 1.807) is 38.1 Å². The van der Waals surface area contributed by atoms with Crippen molar-refractivity contribution in [2.75, 3.05) is 0 Å². The standard InChI is InChI=1S/C14H13NO4/c1-13(2)7-14(13,12(18)19)15-10(16)8-5-3-4-6-9(8)11(15)17/h3-6H,7H2,1-2H3,(H,18,19). The lowest BCUT2D eigenvalue weighted by Gasteiger charge is -2.25. The van der Waals surface area contributed by atoms with Crippen LogP contribution in [0.2, 0.25) is 0 Å². The lowest BCUT2D eigenvalue weighted by atomic mass is 10.0. The van der Waals surface area contributed by atoms with Crippen molar-refractivity contribution in [3.05, 3.63) is 35.4 Å². The highest BCUT2D eigenvalue weighted by Gasteiger charge is 2.74. The van der Waals surface area contributed by atoms with Crippen LogP contribution in [-0.4, -0.2) is 33.3 Å². The number of fused-ring (bicyclic) bond motifs is 1. The first-order valence-electron chi connectivity index (χ1n) is 6.04. The molecule has 1 heterocycles. The number of carbonyl (C=O) groups is 3. The largest absolute Gasteiger partial charge is 0.479 e. The highest BCUT2D eigenvalue weighted by molar-refractivity contribution is 6.23. The summed E-state index contributed by atoms with van der Waals surface area (Å²) in [5, 5.41) is 9.47. The molecule has 1 aromatic rings. The van der Waals surface area contributed by atoms with Gasteiger partial charge in [-0.05, 0) is 18.6 Å². The van der Waals surface area contributed by atoms with Crippen LogP contribution < -0.4 is 0 Å². The maximum Gasteiger partial charge on any atom is 0.330 e. The predicted molar refractivity (Wildman–Crippen MR) is 65.7 cm³/mol. The van der Waals surface area contributed by atoms with Crippen molar-refractivity contribution in [3.63, 3.8) is 0 Å². The molecule has 1 saturated carbocycles. The molecule has 0 spiro atoms. The van der Waals surface area contributed by atoms with Crippen LogP contribution in [-0.2, 0) is 4.79 Å². The summed E-state index contributed by atoms with van der Waals surface area (Å²) in [5.41, 5.74) is -1.42. The highest BCUT2D eigenvalue weighted by atomic mass is 16.4. The van der Waals surface area contributed by atoms with Crippen LogP contribution in [0.1, 0.15) is 41.0 Å². The van der Waals surface area contributed by atoms with Gasteiger partial charge in [-0.3, -0.25) is 14.5 Å². The summed E-state index contributed by atoms with van der Waals surface area (Å²) >= 11 is 0. The van der Waals surface area contributed by atoms with Crippen LogP contribution in [0.25, 0.3) is 0 Å². The Balaban J connectivity index is 2.13. The van der Waals surface area contributed by atoms with Crippen molar-refractivity contribution in [2.24, 2.45) is 5.41 Å². The van der Waals surface area contributed by atoms with Crippen molar-refractivity contribution < 1.29 is 19.5 Å². The lowest BCUT2D eigenvalue weighted by molar-refractivity contribution is -0.144. The Morgan fingerprint density at radius 1 is 1.16 bits per heavy atom. The number of hydrogen-bond acceptors (Lipinski definition) is 3. The van der Waals surface area contributed by atoms with E-state index in [1.807, 2.05) is 0 Å². The smallest absolute Gasteiger partial charge is 0.330 e. The number of carboxylic acids is 1. The Hall–Kier alpha value is -2.17. The van der Waals surface area contributed by atoms with Gasteiger partial charge in [0.1, 0.15) is 0 Å². The molecule has 0 saturated heterocycles. The van der Waals surface area contributed by atoms with Crippen molar-refractivity contribution in [1.82, 2.24) is 4.90 Å². The number of aliphatic carboxylic acids is 1. The summed E-state index contributed by atoms with van der Waals surface area (Å²) < 4.78 is 0. The van der Waals surface area contributed by atoms with Gasteiger partial charge in [0.15, 0.2) is 5.54 Å². The van der Waals surface area contributed by atoms with E-state index in [4.69, 9.17) is 0 Å². The van der Waals surface area contributed by atoms with Crippen molar-refractivity contribution in [3.8, 4) is 0 Å². The minimum Gasteiger partial charge on any atom is -0.479 e. The third-order valence-corrected chi connectivity index (χ3v) is 4.22. The summed E-state index contributed by atoms with van der Waals surface area (Å²) in [6, 6.07) is 6.44. The molecular formula is C14H13NO4. The molecule has 0 bridgehead atoms. The van der Waals surface area contributed by atoms with Crippen molar-refractivity contribution >= 4 is 17.8 Å². The van der Waals surface area contributed by atoms with E-state index >= 15 is 0 Å². The number of carboxylic acid groups (broad SMARTS) is 1. The molecule has 2 amide bonds. The van der Waals surface area contributed by atoms with Gasteiger partial charge in [-0.1, -0.05) is 26.0 Å². The molecule has 5 nitrogen and oxygen atoms in total. The van der Waals surface area contributed by atoms with Crippen LogP contribution in [0.3, 0.4) is 0 Å². The first kappa shape index (κ1) is 11.9.